The Hall–Kier alpha value is -3.54. The van der Waals surface area contributed by atoms with Crippen molar-refractivity contribution in [2.45, 2.75) is 89.9 Å². The third-order valence-corrected chi connectivity index (χ3v) is 15.2. The van der Waals surface area contributed by atoms with Gasteiger partial charge in [-0.3, -0.25) is 14.3 Å². The highest BCUT2D eigenvalue weighted by molar-refractivity contribution is 6.77. The van der Waals surface area contributed by atoms with Gasteiger partial charge >= 0.3 is 5.69 Å². The molecule has 0 spiro atoms. The van der Waals surface area contributed by atoms with Crippen molar-refractivity contribution < 1.29 is 13.9 Å². The zero-order valence-electron chi connectivity index (χ0n) is 26.3. The molecule has 43 heavy (non-hydrogen) atoms. The van der Waals surface area contributed by atoms with Gasteiger partial charge < -0.3 is 13.9 Å². The lowest BCUT2D eigenvalue weighted by atomic mass is 10.0. The van der Waals surface area contributed by atoms with Crippen LogP contribution in [0.3, 0.4) is 0 Å². The van der Waals surface area contributed by atoms with E-state index in [4.69, 9.17) is 13.9 Å². The molecule has 2 aromatic carbocycles. The van der Waals surface area contributed by atoms with Crippen molar-refractivity contribution in [2.75, 3.05) is 13.7 Å². The lowest BCUT2D eigenvalue weighted by Crippen LogP contribution is -2.49. The van der Waals surface area contributed by atoms with E-state index < -0.39 is 31.9 Å². The third kappa shape index (κ3) is 5.73. The number of hydrogen-bond acceptors (Lipinski definition) is 7. The number of aryl methyl sites for hydroxylation is 1. The van der Waals surface area contributed by atoms with Gasteiger partial charge in [-0.1, -0.05) is 65.0 Å². The Bertz CT molecular complexity index is 1690. The molecule has 230 valence electrons. The maximum Gasteiger partial charge on any atom is 0.330 e. The Labute approximate surface area is 253 Å². The van der Waals surface area contributed by atoms with Gasteiger partial charge in [0, 0.05) is 23.7 Å². The summed E-state index contributed by atoms with van der Waals surface area (Å²) >= 11 is 0. The van der Waals surface area contributed by atoms with Gasteiger partial charge in [-0.05, 0) is 52.5 Å². The molecule has 0 aliphatic carbocycles. The van der Waals surface area contributed by atoms with Gasteiger partial charge in [0.05, 0.1) is 31.6 Å². The highest BCUT2D eigenvalue weighted by atomic mass is 28.4. The molecule has 10 nitrogen and oxygen atoms in total. The first-order chi connectivity index (χ1) is 20.5. The first kappa shape index (κ1) is 30.9. The van der Waals surface area contributed by atoms with E-state index in [0.29, 0.717) is 35.2 Å². The summed E-state index contributed by atoms with van der Waals surface area (Å²) in [5, 5.41) is 11.0. The van der Waals surface area contributed by atoms with E-state index in [1.807, 2.05) is 22.9 Å². The molecule has 3 atom stereocenters. The van der Waals surface area contributed by atoms with Crippen molar-refractivity contribution in [1.29, 1.82) is 0 Å². The number of H-pyrrole nitrogens is 1. The summed E-state index contributed by atoms with van der Waals surface area (Å²) in [6.07, 6.45) is 2.80. The topological polar surface area (TPSA) is 113 Å². The van der Waals surface area contributed by atoms with Crippen LogP contribution in [0.15, 0.2) is 58.4 Å². The lowest BCUT2D eigenvalue weighted by Gasteiger charge is -2.43. The van der Waals surface area contributed by atoms with Crippen LogP contribution in [0.2, 0.25) is 16.6 Å². The molecular formula is C32H43N5O5Si. The third-order valence-electron chi connectivity index (χ3n) is 9.10. The fourth-order valence-electron chi connectivity index (χ4n) is 7.03. The molecule has 0 amide bonds. The van der Waals surface area contributed by atoms with E-state index in [9.17, 15) is 9.59 Å². The smallest absolute Gasteiger partial charge is 0.330 e. The molecule has 1 aliphatic heterocycles. The highest BCUT2D eigenvalue weighted by Gasteiger charge is 2.47. The van der Waals surface area contributed by atoms with Gasteiger partial charge in [-0.2, -0.15) is 0 Å². The summed E-state index contributed by atoms with van der Waals surface area (Å²) in [6.45, 7) is 15.6. The lowest BCUT2D eigenvalue weighted by molar-refractivity contribution is -0.0303. The van der Waals surface area contributed by atoms with Crippen LogP contribution in [0.4, 0.5) is 0 Å². The molecule has 1 aliphatic rings. The number of aromatic nitrogens is 5. The van der Waals surface area contributed by atoms with Crippen LogP contribution in [0.5, 0.6) is 5.75 Å². The van der Waals surface area contributed by atoms with Crippen LogP contribution >= 0.6 is 0 Å². The number of hydrogen-bond donors (Lipinski definition) is 1. The molecule has 1 fully saturated rings. The standard InChI is InChI=1S/C32H43N5O5Si/c1-19(2)43(20(3)4,21(5)6)41-18-29-27(15-30(42-29)36-17-22(7)31(38)34-32(36)39)37-28(16-33-35-37)25-10-9-24-14-26(40-8)12-11-23(24)13-25/h9-14,16-17,19-21,27,29-30H,15,18H2,1-8H3,(H,34,38,39)/t27-,29+,30+/m0/s1. The van der Waals surface area contributed by atoms with Crippen LogP contribution in [0.25, 0.3) is 22.0 Å². The largest absolute Gasteiger partial charge is 0.497 e. The quantitative estimate of drug-likeness (QED) is 0.221. The van der Waals surface area contributed by atoms with Gasteiger partial charge in [0.1, 0.15) is 18.1 Å². The molecule has 3 heterocycles. The molecule has 2 aromatic heterocycles. The minimum Gasteiger partial charge on any atom is -0.497 e. The fourth-order valence-corrected chi connectivity index (χ4v) is 12.5. The minimum atomic E-state index is -2.21. The molecule has 0 saturated carbocycles. The maximum absolute atomic E-state index is 12.9. The second-order valence-electron chi connectivity index (χ2n) is 12.5. The highest BCUT2D eigenvalue weighted by Crippen LogP contribution is 2.44. The van der Waals surface area contributed by atoms with E-state index in [2.05, 4.69) is 75.0 Å². The molecule has 0 bridgehead atoms. The van der Waals surface area contributed by atoms with Crippen molar-refractivity contribution in [3.05, 3.63) is 75.2 Å². The zero-order valence-corrected chi connectivity index (χ0v) is 27.3. The monoisotopic (exact) mass is 605 g/mol. The van der Waals surface area contributed by atoms with Gasteiger partial charge in [0.2, 0.25) is 0 Å². The van der Waals surface area contributed by atoms with Gasteiger partial charge in [-0.15, -0.1) is 5.10 Å². The molecule has 1 saturated heterocycles. The normalized spacial score (nSPS) is 19.3. The Morgan fingerprint density at radius 2 is 1.70 bits per heavy atom. The molecule has 11 heteroatoms. The van der Waals surface area contributed by atoms with Gasteiger partial charge in [-0.25, -0.2) is 9.48 Å². The summed E-state index contributed by atoms with van der Waals surface area (Å²) in [5.41, 5.74) is 2.59. The van der Waals surface area contributed by atoms with Crippen LogP contribution in [0, 0.1) is 6.92 Å². The first-order valence-electron chi connectivity index (χ1n) is 15.1. The Morgan fingerprint density at radius 3 is 2.37 bits per heavy atom. The Morgan fingerprint density at radius 1 is 1.02 bits per heavy atom. The maximum atomic E-state index is 12.9. The van der Waals surface area contributed by atoms with Crippen molar-refractivity contribution in [3.63, 3.8) is 0 Å². The predicted octanol–water partition coefficient (Wildman–Crippen LogP) is 5.99. The van der Waals surface area contributed by atoms with Gasteiger partial charge in [0.15, 0.2) is 8.32 Å². The first-order valence-corrected chi connectivity index (χ1v) is 17.2. The van der Waals surface area contributed by atoms with E-state index in [0.717, 1.165) is 27.8 Å². The summed E-state index contributed by atoms with van der Waals surface area (Å²) in [5.74, 6) is 0.806. The van der Waals surface area contributed by atoms with Crippen LogP contribution < -0.4 is 16.0 Å². The number of nitrogens with zero attached hydrogens (tertiary/aromatic N) is 4. The summed E-state index contributed by atoms with van der Waals surface area (Å²) in [4.78, 5) is 27.4. The minimum absolute atomic E-state index is 0.258. The number of fused-ring (bicyclic) bond motifs is 1. The van der Waals surface area contributed by atoms with Crippen LogP contribution in [0.1, 0.15) is 65.8 Å². The zero-order chi connectivity index (χ0) is 31.1. The number of ether oxygens (including phenoxy) is 2. The van der Waals surface area contributed by atoms with E-state index in [-0.39, 0.29) is 6.04 Å². The van der Waals surface area contributed by atoms with E-state index in [1.54, 1.807) is 26.4 Å². The Kier molecular flexibility index (Phi) is 8.78. The van der Waals surface area contributed by atoms with Crippen molar-refractivity contribution in [1.82, 2.24) is 24.5 Å². The number of methoxy groups -OCH3 is 1. The van der Waals surface area contributed by atoms with Crippen molar-refractivity contribution >= 4 is 19.1 Å². The number of benzene rings is 2. The van der Waals surface area contributed by atoms with Gasteiger partial charge in [0.25, 0.3) is 5.56 Å². The molecule has 0 unspecified atom stereocenters. The SMILES string of the molecule is COc1ccc2cc(-c3cnnn3[C@H]3C[C@H](n4cc(C)c(=O)[nH]c4=O)O[C@@H]3CO[Si](C(C)C)(C(C)C)C(C)C)ccc2c1. The average molecular weight is 606 g/mol. The average Bonchev–Trinajstić information content (AvgIpc) is 3.61. The Balaban J connectivity index is 1.54. The fraction of sp³-hybridized carbons (Fsp3) is 0.500. The molecular weight excluding hydrogens is 562 g/mol. The second kappa shape index (κ2) is 12.2. The second-order valence-corrected chi connectivity index (χ2v) is 18.0. The molecule has 0 radical (unpaired) electrons. The molecule has 4 aromatic rings. The summed E-state index contributed by atoms with van der Waals surface area (Å²) in [7, 11) is -0.544. The number of aromatic amines is 1. The summed E-state index contributed by atoms with van der Waals surface area (Å²) in [6, 6.07) is 12.0. The van der Waals surface area contributed by atoms with Crippen LogP contribution in [-0.2, 0) is 9.16 Å². The van der Waals surface area contributed by atoms with E-state index >= 15 is 0 Å². The molecule has 5 rings (SSSR count). The number of rotatable bonds is 10. The van der Waals surface area contributed by atoms with Crippen molar-refractivity contribution in [3.8, 4) is 17.0 Å². The predicted molar refractivity (Wildman–Crippen MR) is 170 cm³/mol. The van der Waals surface area contributed by atoms with Crippen molar-refractivity contribution in [2.24, 2.45) is 0 Å². The van der Waals surface area contributed by atoms with E-state index in [1.165, 1.54) is 4.57 Å². The van der Waals surface area contributed by atoms with Crippen LogP contribution in [-0.4, -0.2) is 52.7 Å². The molecule has 1 N–H and O–H groups in total. The summed E-state index contributed by atoms with van der Waals surface area (Å²) < 4.78 is 22.4. The number of nitrogens with one attached hydrogen (secondary N) is 1.